The normalized spacial score (nSPS) is 20.1. The number of carbonyl (C=O) groups excluding carboxylic acids is 1. The molecular formula is C11H19NO2. The standard InChI is InChI=1S/C11H19NO2/c1-12-8-6-10(7-9-12)4-3-5-11(13)14-2/h3,5,10H,4,6-9H2,1-2H3/b5-3-. The van der Waals surface area contributed by atoms with Gasteiger partial charge in [0.1, 0.15) is 0 Å². The van der Waals surface area contributed by atoms with E-state index in [4.69, 9.17) is 0 Å². The summed E-state index contributed by atoms with van der Waals surface area (Å²) >= 11 is 0. The third-order valence-corrected chi connectivity index (χ3v) is 2.76. The third kappa shape index (κ3) is 3.92. The van der Waals surface area contributed by atoms with Crippen LogP contribution in [0.3, 0.4) is 0 Å². The lowest BCUT2D eigenvalue weighted by molar-refractivity contribution is -0.134. The molecule has 0 unspecified atom stereocenters. The lowest BCUT2D eigenvalue weighted by Crippen LogP contribution is -2.29. The number of methoxy groups -OCH3 is 1. The molecule has 1 heterocycles. The molecule has 0 amide bonds. The van der Waals surface area contributed by atoms with E-state index in [1.165, 1.54) is 39.1 Å². The van der Waals surface area contributed by atoms with E-state index in [-0.39, 0.29) is 5.97 Å². The van der Waals surface area contributed by atoms with Crippen molar-refractivity contribution in [3.05, 3.63) is 12.2 Å². The van der Waals surface area contributed by atoms with Crippen LogP contribution in [0.25, 0.3) is 0 Å². The van der Waals surface area contributed by atoms with Gasteiger partial charge in [0.2, 0.25) is 0 Å². The fourth-order valence-electron chi connectivity index (χ4n) is 1.72. The predicted octanol–water partition coefficient (Wildman–Crippen LogP) is 1.45. The van der Waals surface area contributed by atoms with Crippen LogP contribution in [-0.4, -0.2) is 38.1 Å². The second-order valence-electron chi connectivity index (χ2n) is 3.91. The number of hydrogen-bond acceptors (Lipinski definition) is 3. The number of nitrogens with zero attached hydrogens (tertiary/aromatic N) is 1. The Morgan fingerprint density at radius 1 is 1.50 bits per heavy atom. The van der Waals surface area contributed by atoms with Gasteiger partial charge in [0.05, 0.1) is 7.11 Å². The summed E-state index contributed by atoms with van der Waals surface area (Å²) in [5.41, 5.74) is 0. The Hall–Kier alpha value is -0.830. The topological polar surface area (TPSA) is 29.5 Å². The van der Waals surface area contributed by atoms with Gasteiger partial charge in [-0.3, -0.25) is 0 Å². The summed E-state index contributed by atoms with van der Waals surface area (Å²) in [4.78, 5) is 13.1. The third-order valence-electron chi connectivity index (χ3n) is 2.76. The molecule has 1 aliphatic heterocycles. The lowest BCUT2D eigenvalue weighted by Gasteiger charge is -2.28. The van der Waals surface area contributed by atoms with Crippen LogP contribution in [0.4, 0.5) is 0 Å². The monoisotopic (exact) mass is 197 g/mol. The largest absolute Gasteiger partial charge is 0.466 e. The average Bonchev–Trinajstić information content (AvgIpc) is 2.21. The van der Waals surface area contributed by atoms with Crippen molar-refractivity contribution >= 4 is 5.97 Å². The highest BCUT2D eigenvalue weighted by Crippen LogP contribution is 2.19. The Balaban J connectivity index is 2.19. The highest BCUT2D eigenvalue weighted by Gasteiger charge is 2.14. The molecule has 1 rings (SSSR count). The van der Waals surface area contributed by atoms with Gasteiger partial charge in [-0.2, -0.15) is 0 Å². The Morgan fingerprint density at radius 2 is 2.14 bits per heavy atom. The quantitative estimate of drug-likeness (QED) is 0.506. The number of likely N-dealkylation sites (tertiary alicyclic amines) is 1. The SMILES string of the molecule is COC(=O)/C=C\CC1CCN(C)CC1. The van der Waals surface area contributed by atoms with Crippen LogP contribution in [0.2, 0.25) is 0 Å². The highest BCUT2D eigenvalue weighted by atomic mass is 16.5. The van der Waals surface area contributed by atoms with Crippen molar-refractivity contribution in [3.63, 3.8) is 0 Å². The van der Waals surface area contributed by atoms with Crippen LogP contribution in [0.15, 0.2) is 12.2 Å². The first-order valence-corrected chi connectivity index (χ1v) is 5.15. The second kappa shape index (κ2) is 5.81. The van der Waals surface area contributed by atoms with E-state index in [0.717, 1.165) is 12.3 Å². The van der Waals surface area contributed by atoms with Gasteiger partial charge in [0, 0.05) is 6.08 Å². The number of rotatable bonds is 3. The molecule has 3 heteroatoms. The Bertz CT molecular complexity index is 205. The molecular weight excluding hydrogens is 178 g/mol. The van der Waals surface area contributed by atoms with Gasteiger partial charge in [-0.25, -0.2) is 4.79 Å². The molecule has 0 N–H and O–H groups in total. The van der Waals surface area contributed by atoms with Gasteiger partial charge < -0.3 is 9.64 Å². The van der Waals surface area contributed by atoms with E-state index in [2.05, 4.69) is 16.7 Å². The second-order valence-corrected chi connectivity index (χ2v) is 3.91. The maximum Gasteiger partial charge on any atom is 0.330 e. The maximum atomic E-state index is 10.8. The molecule has 0 saturated carbocycles. The van der Waals surface area contributed by atoms with E-state index in [0.29, 0.717) is 0 Å². The maximum absolute atomic E-state index is 10.8. The predicted molar refractivity (Wildman–Crippen MR) is 56.0 cm³/mol. The van der Waals surface area contributed by atoms with Crippen LogP contribution < -0.4 is 0 Å². The molecule has 0 spiro atoms. The van der Waals surface area contributed by atoms with E-state index < -0.39 is 0 Å². The summed E-state index contributed by atoms with van der Waals surface area (Å²) in [5, 5.41) is 0. The number of piperidine rings is 1. The van der Waals surface area contributed by atoms with Crippen molar-refractivity contribution in [1.29, 1.82) is 0 Å². The molecule has 1 aliphatic rings. The van der Waals surface area contributed by atoms with Crippen molar-refractivity contribution in [2.75, 3.05) is 27.2 Å². The molecule has 0 aromatic heterocycles. The number of hydrogen-bond donors (Lipinski definition) is 0. The number of ether oxygens (including phenoxy) is 1. The van der Waals surface area contributed by atoms with Gasteiger partial charge in [0.25, 0.3) is 0 Å². The molecule has 80 valence electrons. The molecule has 3 nitrogen and oxygen atoms in total. The van der Waals surface area contributed by atoms with Crippen molar-refractivity contribution < 1.29 is 9.53 Å². The summed E-state index contributed by atoms with van der Waals surface area (Å²) < 4.78 is 4.52. The zero-order valence-electron chi connectivity index (χ0n) is 9.03. The minimum Gasteiger partial charge on any atom is -0.466 e. The molecule has 0 aliphatic carbocycles. The highest BCUT2D eigenvalue weighted by molar-refractivity contribution is 5.81. The lowest BCUT2D eigenvalue weighted by atomic mass is 9.94. The molecule has 0 bridgehead atoms. The Morgan fingerprint density at radius 3 is 2.71 bits per heavy atom. The summed E-state index contributed by atoms with van der Waals surface area (Å²) in [6, 6.07) is 0. The van der Waals surface area contributed by atoms with Crippen molar-refractivity contribution in [2.24, 2.45) is 5.92 Å². The molecule has 0 aromatic carbocycles. The fourth-order valence-corrected chi connectivity index (χ4v) is 1.72. The molecule has 0 atom stereocenters. The molecule has 1 saturated heterocycles. The first-order valence-electron chi connectivity index (χ1n) is 5.15. The van der Waals surface area contributed by atoms with E-state index >= 15 is 0 Å². The van der Waals surface area contributed by atoms with Gasteiger partial charge in [0.15, 0.2) is 0 Å². The number of esters is 1. The van der Waals surface area contributed by atoms with Crippen molar-refractivity contribution in [1.82, 2.24) is 4.90 Å². The Kier molecular flexibility index (Phi) is 4.66. The minimum atomic E-state index is -0.252. The first-order chi connectivity index (χ1) is 6.72. The zero-order valence-corrected chi connectivity index (χ0v) is 9.03. The first kappa shape index (κ1) is 11.2. The van der Waals surface area contributed by atoms with E-state index in [1.807, 2.05) is 6.08 Å². The van der Waals surface area contributed by atoms with Crippen LogP contribution in [-0.2, 0) is 9.53 Å². The van der Waals surface area contributed by atoms with Gasteiger partial charge in [-0.1, -0.05) is 6.08 Å². The molecule has 1 fully saturated rings. The van der Waals surface area contributed by atoms with E-state index in [9.17, 15) is 4.79 Å². The minimum absolute atomic E-state index is 0.252. The fraction of sp³-hybridized carbons (Fsp3) is 0.727. The molecule has 0 aromatic rings. The zero-order chi connectivity index (χ0) is 10.4. The summed E-state index contributed by atoms with van der Waals surface area (Å²) in [6.07, 6.45) is 6.94. The summed E-state index contributed by atoms with van der Waals surface area (Å²) in [7, 11) is 3.56. The van der Waals surface area contributed by atoms with Crippen LogP contribution in [0, 0.1) is 5.92 Å². The smallest absolute Gasteiger partial charge is 0.330 e. The van der Waals surface area contributed by atoms with Crippen molar-refractivity contribution in [2.45, 2.75) is 19.3 Å². The molecule has 14 heavy (non-hydrogen) atoms. The van der Waals surface area contributed by atoms with Gasteiger partial charge >= 0.3 is 5.97 Å². The number of allylic oxidation sites excluding steroid dienone is 1. The van der Waals surface area contributed by atoms with Crippen LogP contribution in [0.5, 0.6) is 0 Å². The van der Waals surface area contributed by atoms with Gasteiger partial charge in [-0.05, 0) is 45.3 Å². The van der Waals surface area contributed by atoms with Crippen molar-refractivity contribution in [3.8, 4) is 0 Å². The van der Waals surface area contributed by atoms with Crippen LogP contribution in [0.1, 0.15) is 19.3 Å². The van der Waals surface area contributed by atoms with Crippen LogP contribution >= 0.6 is 0 Å². The molecule has 0 radical (unpaired) electrons. The Labute approximate surface area is 85.7 Å². The number of carbonyl (C=O) groups is 1. The van der Waals surface area contributed by atoms with E-state index in [1.54, 1.807) is 0 Å². The summed E-state index contributed by atoms with van der Waals surface area (Å²) in [5.74, 6) is 0.491. The van der Waals surface area contributed by atoms with Gasteiger partial charge in [-0.15, -0.1) is 0 Å². The average molecular weight is 197 g/mol. The summed E-state index contributed by atoms with van der Waals surface area (Å²) in [6.45, 7) is 2.35.